The first kappa shape index (κ1) is 16.8. The molecule has 0 aromatic heterocycles. The maximum absolute atomic E-state index is 7.04. The zero-order valence-electron chi connectivity index (χ0n) is 16.0. The van der Waals surface area contributed by atoms with Crippen LogP contribution in [0.1, 0.15) is 58.1 Å². The molecule has 0 N–H and O–H groups in total. The lowest BCUT2D eigenvalue weighted by molar-refractivity contribution is -0.114. The van der Waals surface area contributed by atoms with E-state index in [0.29, 0.717) is 17.9 Å². The van der Waals surface area contributed by atoms with Crippen LogP contribution in [0.15, 0.2) is 48.5 Å². The van der Waals surface area contributed by atoms with Crippen molar-refractivity contribution in [3.8, 4) is 11.1 Å². The predicted octanol–water partition coefficient (Wildman–Crippen LogP) is 6.41. The van der Waals surface area contributed by atoms with Crippen molar-refractivity contribution < 1.29 is 4.74 Å². The SMILES string of the molecule is CC1CCC(C(C)C)C(OC2(C)c3ccccc3-c3ccccc32)C1. The van der Waals surface area contributed by atoms with Gasteiger partial charge in [-0.15, -0.1) is 0 Å². The van der Waals surface area contributed by atoms with Crippen LogP contribution in [0.5, 0.6) is 0 Å². The maximum atomic E-state index is 7.04. The first-order chi connectivity index (χ1) is 12.0. The molecule has 1 heteroatoms. The summed E-state index contributed by atoms with van der Waals surface area (Å²) in [5.41, 5.74) is 5.01. The number of hydrogen-bond donors (Lipinski definition) is 0. The number of ether oxygens (including phenoxy) is 1. The summed E-state index contributed by atoms with van der Waals surface area (Å²) in [6.45, 7) is 9.38. The second-order valence-corrected chi connectivity index (χ2v) is 8.61. The minimum atomic E-state index is -0.331. The Hall–Kier alpha value is -1.60. The molecule has 3 unspecified atom stereocenters. The Balaban J connectivity index is 1.76. The molecule has 1 saturated carbocycles. The molecule has 2 aromatic carbocycles. The normalized spacial score (nSPS) is 27.2. The highest BCUT2D eigenvalue weighted by Gasteiger charge is 2.44. The predicted molar refractivity (Wildman–Crippen MR) is 105 cm³/mol. The second kappa shape index (κ2) is 6.29. The van der Waals surface area contributed by atoms with E-state index in [0.717, 1.165) is 5.92 Å². The molecule has 132 valence electrons. The van der Waals surface area contributed by atoms with Gasteiger partial charge in [0.15, 0.2) is 0 Å². The van der Waals surface area contributed by atoms with E-state index in [-0.39, 0.29) is 5.60 Å². The molecule has 1 fully saturated rings. The third-order valence-corrected chi connectivity index (χ3v) is 6.52. The van der Waals surface area contributed by atoms with Crippen LogP contribution in [0.3, 0.4) is 0 Å². The van der Waals surface area contributed by atoms with E-state index in [2.05, 4.69) is 76.2 Å². The quantitative estimate of drug-likeness (QED) is 0.630. The first-order valence-corrected chi connectivity index (χ1v) is 9.88. The van der Waals surface area contributed by atoms with Crippen molar-refractivity contribution in [1.29, 1.82) is 0 Å². The molecule has 0 heterocycles. The average molecular weight is 335 g/mol. The fourth-order valence-corrected chi connectivity index (χ4v) is 5.09. The fraction of sp³-hybridized carbons (Fsp3) is 0.500. The van der Waals surface area contributed by atoms with Gasteiger partial charge in [-0.2, -0.15) is 0 Å². The van der Waals surface area contributed by atoms with E-state index < -0.39 is 0 Å². The molecule has 0 aliphatic heterocycles. The highest BCUT2D eigenvalue weighted by Crippen LogP contribution is 2.51. The summed E-state index contributed by atoms with van der Waals surface area (Å²) in [4.78, 5) is 0. The van der Waals surface area contributed by atoms with Crippen LogP contribution in [0.25, 0.3) is 11.1 Å². The molecule has 4 rings (SSSR count). The number of benzene rings is 2. The van der Waals surface area contributed by atoms with Crippen molar-refractivity contribution in [3.05, 3.63) is 59.7 Å². The van der Waals surface area contributed by atoms with E-state index in [4.69, 9.17) is 4.74 Å². The summed E-state index contributed by atoms with van der Waals surface area (Å²) in [6.07, 6.45) is 4.16. The van der Waals surface area contributed by atoms with Gasteiger partial charge in [0.05, 0.1) is 6.10 Å². The standard InChI is InChI=1S/C24H30O/c1-16(2)18-14-13-17(3)15-23(18)25-24(4)21-11-7-5-9-19(21)20-10-6-8-12-22(20)24/h5-12,16-18,23H,13-15H2,1-4H3. The van der Waals surface area contributed by atoms with E-state index in [1.54, 1.807) is 0 Å². The van der Waals surface area contributed by atoms with Crippen molar-refractivity contribution in [2.24, 2.45) is 17.8 Å². The highest BCUT2D eigenvalue weighted by atomic mass is 16.5. The highest BCUT2D eigenvalue weighted by molar-refractivity contribution is 5.79. The minimum absolute atomic E-state index is 0.331. The summed E-state index contributed by atoms with van der Waals surface area (Å²) in [5.74, 6) is 2.09. The van der Waals surface area contributed by atoms with Crippen molar-refractivity contribution >= 4 is 0 Å². The van der Waals surface area contributed by atoms with Gasteiger partial charge in [-0.1, -0.05) is 75.7 Å². The van der Waals surface area contributed by atoms with Gasteiger partial charge >= 0.3 is 0 Å². The van der Waals surface area contributed by atoms with Gasteiger partial charge in [0, 0.05) is 0 Å². The average Bonchev–Trinajstić information content (AvgIpc) is 2.85. The third-order valence-electron chi connectivity index (χ3n) is 6.52. The Labute approximate surface area is 152 Å². The summed E-state index contributed by atoms with van der Waals surface area (Å²) < 4.78 is 7.04. The molecule has 25 heavy (non-hydrogen) atoms. The van der Waals surface area contributed by atoms with E-state index in [1.807, 2.05) is 0 Å². The van der Waals surface area contributed by atoms with Crippen LogP contribution < -0.4 is 0 Å². The zero-order valence-corrected chi connectivity index (χ0v) is 16.0. The number of hydrogen-bond acceptors (Lipinski definition) is 1. The van der Waals surface area contributed by atoms with E-state index >= 15 is 0 Å². The molecule has 2 aliphatic rings. The Morgan fingerprint density at radius 1 is 0.920 bits per heavy atom. The molecular formula is C24H30O. The Bertz CT molecular complexity index is 715. The molecule has 3 atom stereocenters. The molecule has 2 aliphatic carbocycles. The molecule has 0 amide bonds. The fourth-order valence-electron chi connectivity index (χ4n) is 5.09. The smallest absolute Gasteiger partial charge is 0.117 e. The van der Waals surface area contributed by atoms with Gasteiger partial charge in [-0.25, -0.2) is 0 Å². The Morgan fingerprint density at radius 2 is 1.48 bits per heavy atom. The Morgan fingerprint density at radius 3 is 2.04 bits per heavy atom. The zero-order chi connectivity index (χ0) is 17.6. The van der Waals surface area contributed by atoms with Crippen LogP contribution in [0, 0.1) is 17.8 Å². The monoisotopic (exact) mass is 334 g/mol. The summed E-state index contributed by atoms with van der Waals surface area (Å²) in [7, 11) is 0. The Kier molecular flexibility index (Phi) is 4.24. The van der Waals surface area contributed by atoms with Crippen LogP contribution in [0.2, 0.25) is 0 Å². The van der Waals surface area contributed by atoms with Crippen molar-refractivity contribution in [1.82, 2.24) is 0 Å². The van der Waals surface area contributed by atoms with E-state index in [1.165, 1.54) is 41.5 Å². The molecule has 1 nitrogen and oxygen atoms in total. The minimum Gasteiger partial charge on any atom is -0.362 e. The van der Waals surface area contributed by atoms with Crippen molar-refractivity contribution in [2.75, 3.05) is 0 Å². The van der Waals surface area contributed by atoms with Crippen LogP contribution in [-0.4, -0.2) is 6.10 Å². The van der Waals surface area contributed by atoms with Crippen LogP contribution in [-0.2, 0) is 10.3 Å². The van der Waals surface area contributed by atoms with Gasteiger partial charge in [0.2, 0.25) is 0 Å². The van der Waals surface area contributed by atoms with Crippen LogP contribution in [0.4, 0.5) is 0 Å². The number of rotatable bonds is 3. The van der Waals surface area contributed by atoms with Gasteiger partial charge in [0.1, 0.15) is 5.60 Å². The second-order valence-electron chi connectivity index (χ2n) is 8.61. The number of fused-ring (bicyclic) bond motifs is 3. The largest absolute Gasteiger partial charge is 0.362 e. The lowest BCUT2D eigenvalue weighted by Crippen LogP contribution is -2.40. The maximum Gasteiger partial charge on any atom is 0.117 e. The molecule has 2 aromatic rings. The van der Waals surface area contributed by atoms with Gasteiger partial charge < -0.3 is 4.74 Å². The van der Waals surface area contributed by atoms with Crippen molar-refractivity contribution in [2.45, 2.75) is 58.7 Å². The molecule has 0 bridgehead atoms. The first-order valence-electron chi connectivity index (χ1n) is 9.88. The summed E-state index contributed by atoms with van der Waals surface area (Å²) >= 11 is 0. The third kappa shape index (κ3) is 2.73. The van der Waals surface area contributed by atoms with Gasteiger partial charge in [-0.3, -0.25) is 0 Å². The summed E-state index contributed by atoms with van der Waals surface area (Å²) in [6, 6.07) is 17.6. The summed E-state index contributed by atoms with van der Waals surface area (Å²) in [5, 5.41) is 0. The van der Waals surface area contributed by atoms with E-state index in [9.17, 15) is 0 Å². The van der Waals surface area contributed by atoms with Crippen molar-refractivity contribution in [3.63, 3.8) is 0 Å². The molecule has 0 radical (unpaired) electrons. The van der Waals surface area contributed by atoms with Gasteiger partial charge in [0.25, 0.3) is 0 Å². The lowest BCUT2D eigenvalue weighted by atomic mass is 9.75. The molecule has 0 spiro atoms. The van der Waals surface area contributed by atoms with Gasteiger partial charge in [-0.05, 0) is 59.8 Å². The lowest BCUT2D eigenvalue weighted by Gasteiger charge is -2.42. The molecular weight excluding hydrogens is 304 g/mol. The topological polar surface area (TPSA) is 9.23 Å². The molecule has 0 saturated heterocycles. The van der Waals surface area contributed by atoms with Crippen LogP contribution >= 0.6 is 0 Å².